The van der Waals surface area contributed by atoms with Gasteiger partial charge in [-0.15, -0.1) is 0 Å². The van der Waals surface area contributed by atoms with Gasteiger partial charge >= 0.3 is 5.97 Å². The summed E-state index contributed by atoms with van der Waals surface area (Å²) in [6.45, 7) is 2.24. The molecule has 0 heterocycles. The monoisotopic (exact) mass is 423 g/mol. The van der Waals surface area contributed by atoms with Gasteiger partial charge in [-0.2, -0.15) is 0 Å². The fourth-order valence-corrected chi connectivity index (χ4v) is 2.63. The van der Waals surface area contributed by atoms with Gasteiger partial charge in [0.15, 0.2) is 0 Å². The molecule has 0 aliphatic heterocycles. The van der Waals surface area contributed by atoms with Gasteiger partial charge in [0.05, 0.1) is 0 Å². The molecule has 135 valence electrons. The summed E-state index contributed by atoms with van der Waals surface area (Å²) in [4.78, 5) is 10.4. The molecule has 0 rings (SSSR count). The summed E-state index contributed by atoms with van der Waals surface area (Å²) < 4.78 is 0. The van der Waals surface area contributed by atoms with Crippen LogP contribution in [0.5, 0.6) is 0 Å². The molecule has 0 aliphatic rings. The largest absolute Gasteiger partial charge is 0.481 e. The summed E-state index contributed by atoms with van der Waals surface area (Å²) in [5.74, 6) is -0.685. The first kappa shape index (κ1) is 24.5. The summed E-state index contributed by atoms with van der Waals surface area (Å²) in [6, 6.07) is 0. The topological polar surface area (TPSA) is 37.3 Å². The Morgan fingerprint density at radius 3 is 1.95 bits per heavy atom. The molecular weight excluding hydrogens is 392 g/mol. The normalized spacial score (nSPS) is 11.3. The second-order valence-corrected chi connectivity index (χ2v) is 6.35. The van der Waals surface area contributed by atoms with Crippen molar-refractivity contribution in [1.29, 1.82) is 0 Å². The molecule has 0 spiro atoms. The molecule has 1 N–H and O–H groups in total. The van der Waals surface area contributed by atoms with Crippen molar-refractivity contribution in [3.63, 3.8) is 0 Å². The standard InChI is InChI=1S/C18H33ClO2.Ag/c1-2-3-4-5-6-8-11-14-17(19)15-12-9-7-10-13-16-18(20)21;/h14H,2-13,15-16H2,1H3,(H,20,21);/b17-14+;. The van der Waals surface area contributed by atoms with E-state index >= 15 is 0 Å². The molecule has 0 aromatic rings. The number of carbonyl (C=O) groups is 1. The molecule has 0 aliphatic carbocycles. The zero-order valence-corrected chi connectivity index (χ0v) is 16.2. The van der Waals surface area contributed by atoms with Crippen LogP contribution >= 0.6 is 11.6 Å². The molecule has 0 bridgehead atoms. The van der Waals surface area contributed by atoms with Crippen LogP contribution in [0.15, 0.2) is 11.1 Å². The maximum atomic E-state index is 10.4. The van der Waals surface area contributed by atoms with Gasteiger partial charge in [-0.25, -0.2) is 0 Å². The maximum Gasteiger partial charge on any atom is 0.303 e. The van der Waals surface area contributed by atoms with Crippen molar-refractivity contribution in [2.24, 2.45) is 0 Å². The van der Waals surface area contributed by atoms with Gasteiger partial charge < -0.3 is 5.11 Å². The Bertz CT molecular complexity index is 280. The van der Waals surface area contributed by atoms with E-state index in [2.05, 4.69) is 13.0 Å². The molecule has 1 radical (unpaired) electrons. The van der Waals surface area contributed by atoms with Gasteiger partial charge in [0.25, 0.3) is 0 Å². The second kappa shape index (κ2) is 19.3. The Balaban J connectivity index is 0. The minimum Gasteiger partial charge on any atom is -0.481 e. The van der Waals surface area contributed by atoms with E-state index in [1.807, 2.05) is 0 Å². The Labute approximate surface area is 157 Å². The Kier molecular flexibility index (Phi) is 21.5. The van der Waals surface area contributed by atoms with Crippen molar-refractivity contribution in [3.8, 4) is 0 Å². The van der Waals surface area contributed by atoms with Crippen LogP contribution in [0, 0.1) is 0 Å². The summed E-state index contributed by atoms with van der Waals surface area (Å²) in [5.41, 5.74) is 0. The van der Waals surface area contributed by atoms with Crippen LogP contribution in [-0.4, -0.2) is 11.1 Å². The minimum atomic E-state index is -0.685. The Morgan fingerprint density at radius 2 is 1.36 bits per heavy atom. The van der Waals surface area contributed by atoms with Crippen molar-refractivity contribution in [2.75, 3.05) is 0 Å². The molecule has 0 fully saturated rings. The van der Waals surface area contributed by atoms with E-state index in [0.29, 0.717) is 6.42 Å². The van der Waals surface area contributed by atoms with Crippen LogP contribution in [0.1, 0.15) is 96.8 Å². The number of hydrogen-bond donors (Lipinski definition) is 1. The SMILES string of the molecule is CCCCCCCC/C=C(/Cl)CCCCCCCC(=O)O.[Ag]. The fourth-order valence-electron chi connectivity index (χ4n) is 2.39. The van der Waals surface area contributed by atoms with E-state index in [4.69, 9.17) is 16.7 Å². The first-order chi connectivity index (χ1) is 10.2. The predicted octanol–water partition coefficient (Wildman–Crippen LogP) is 6.67. The van der Waals surface area contributed by atoms with Crippen LogP contribution < -0.4 is 0 Å². The van der Waals surface area contributed by atoms with E-state index in [-0.39, 0.29) is 22.4 Å². The minimum absolute atomic E-state index is 0. The zero-order valence-electron chi connectivity index (χ0n) is 14.0. The van der Waals surface area contributed by atoms with Gasteiger partial charge in [0.2, 0.25) is 0 Å². The van der Waals surface area contributed by atoms with Gasteiger partial charge in [0.1, 0.15) is 0 Å². The van der Waals surface area contributed by atoms with Crippen molar-refractivity contribution in [2.45, 2.75) is 96.8 Å². The number of unbranched alkanes of at least 4 members (excludes halogenated alkanes) is 10. The molecular formula is C18H33AgClO2. The molecule has 0 saturated carbocycles. The van der Waals surface area contributed by atoms with Crippen LogP contribution in [0.4, 0.5) is 0 Å². The average molecular weight is 425 g/mol. The van der Waals surface area contributed by atoms with E-state index in [1.54, 1.807) is 0 Å². The Hall–Kier alpha value is 0.240. The quantitative estimate of drug-likeness (QED) is 0.235. The molecule has 4 heteroatoms. The number of carboxylic acids is 1. The van der Waals surface area contributed by atoms with E-state index in [0.717, 1.165) is 50.0 Å². The van der Waals surface area contributed by atoms with Crippen molar-refractivity contribution < 1.29 is 32.3 Å². The average Bonchev–Trinajstić information content (AvgIpc) is 2.45. The number of aliphatic carboxylic acids is 1. The van der Waals surface area contributed by atoms with Crippen LogP contribution in [0.3, 0.4) is 0 Å². The van der Waals surface area contributed by atoms with Crippen LogP contribution in [0.2, 0.25) is 0 Å². The third kappa shape index (κ3) is 20.2. The van der Waals surface area contributed by atoms with Gasteiger partial charge in [-0.1, -0.05) is 76.0 Å². The fraction of sp³-hybridized carbons (Fsp3) is 0.833. The van der Waals surface area contributed by atoms with E-state index < -0.39 is 5.97 Å². The van der Waals surface area contributed by atoms with Gasteiger partial charge in [-0.3, -0.25) is 4.79 Å². The molecule has 0 amide bonds. The summed E-state index contributed by atoms with van der Waals surface area (Å²) >= 11 is 6.21. The second-order valence-electron chi connectivity index (χ2n) is 5.87. The Morgan fingerprint density at radius 1 is 0.864 bits per heavy atom. The number of halogens is 1. The van der Waals surface area contributed by atoms with Gasteiger partial charge in [-0.05, 0) is 32.1 Å². The smallest absolute Gasteiger partial charge is 0.303 e. The third-order valence-electron chi connectivity index (χ3n) is 3.73. The first-order valence-corrected chi connectivity index (χ1v) is 9.11. The molecule has 2 nitrogen and oxygen atoms in total. The summed E-state index contributed by atoms with van der Waals surface area (Å²) in [5, 5.41) is 9.54. The summed E-state index contributed by atoms with van der Waals surface area (Å²) in [7, 11) is 0. The molecule has 0 aromatic heterocycles. The zero-order chi connectivity index (χ0) is 15.8. The number of allylic oxidation sites excluding steroid dienone is 2. The van der Waals surface area contributed by atoms with Crippen LogP contribution in [0.25, 0.3) is 0 Å². The number of hydrogen-bond acceptors (Lipinski definition) is 1. The number of carboxylic acid groups (broad SMARTS) is 1. The van der Waals surface area contributed by atoms with Crippen molar-refractivity contribution >= 4 is 17.6 Å². The molecule has 22 heavy (non-hydrogen) atoms. The number of rotatable bonds is 15. The third-order valence-corrected chi connectivity index (χ3v) is 4.07. The summed E-state index contributed by atoms with van der Waals surface area (Å²) in [6.07, 6.45) is 17.8. The van der Waals surface area contributed by atoms with Crippen molar-refractivity contribution in [3.05, 3.63) is 11.1 Å². The molecule has 0 unspecified atom stereocenters. The first-order valence-electron chi connectivity index (χ1n) is 8.73. The molecule has 0 atom stereocenters. The van der Waals surface area contributed by atoms with Gasteiger partial charge in [0, 0.05) is 33.8 Å². The maximum absolute atomic E-state index is 10.4. The van der Waals surface area contributed by atoms with Crippen molar-refractivity contribution in [1.82, 2.24) is 0 Å². The van der Waals surface area contributed by atoms with Crippen LogP contribution in [-0.2, 0) is 27.2 Å². The predicted molar refractivity (Wildman–Crippen MR) is 91.9 cm³/mol. The molecule has 0 aromatic carbocycles. The van der Waals surface area contributed by atoms with E-state index in [1.165, 1.54) is 38.5 Å². The molecule has 0 saturated heterocycles. The van der Waals surface area contributed by atoms with E-state index in [9.17, 15) is 4.79 Å².